The maximum absolute atomic E-state index is 11.8. The lowest BCUT2D eigenvalue weighted by Gasteiger charge is -2.30. The molecule has 2 amide bonds. The lowest BCUT2D eigenvalue weighted by Crippen LogP contribution is -2.51. The molecule has 0 radical (unpaired) electrons. The molecular formula is C10H14N4O5. The van der Waals surface area contributed by atoms with Crippen LogP contribution in [-0.2, 0) is 16.1 Å². The molecule has 1 aromatic heterocycles. The Morgan fingerprint density at radius 1 is 1.58 bits per heavy atom. The number of carbonyl (C=O) groups is 2. The average molecular weight is 270 g/mol. The van der Waals surface area contributed by atoms with E-state index >= 15 is 0 Å². The SMILES string of the molecule is Cc1noc(CNC(=O)N2CCOC(C(=O)O)C2)n1. The zero-order valence-corrected chi connectivity index (χ0v) is 10.3. The van der Waals surface area contributed by atoms with Gasteiger partial charge in [-0.1, -0.05) is 5.16 Å². The second kappa shape index (κ2) is 5.65. The van der Waals surface area contributed by atoms with Crippen molar-refractivity contribution in [1.82, 2.24) is 20.4 Å². The molecule has 1 unspecified atom stereocenters. The van der Waals surface area contributed by atoms with Gasteiger partial charge < -0.3 is 24.6 Å². The van der Waals surface area contributed by atoms with Crippen LogP contribution in [0.5, 0.6) is 0 Å². The van der Waals surface area contributed by atoms with Gasteiger partial charge in [0.05, 0.1) is 19.7 Å². The lowest BCUT2D eigenvalue weighted by molar-refractivity contribution is -0.154. The van der Waals surface area contributed by atoms with Crippen molar-refractivity contribution in [2.75, 3.05) is 19.7 Å². The summed E-state index contributed by atoms with van der Waals surface area (Å²) in [6, 6.07) is -0.384. The van der Waals surface area contributed by atoms with Gasteiger partial charge in [-0.15, -0.1) is 0 Å². The Hall–Kier alpha value is -2.16. The lowest BCUT2D eigenvalue weighted by atomic mass is 10.3. The number of aromatic nitrogens is 2. The van der Waals surface area contributed by atoms with E-state index < -0.39 is 12.1 Å². The standard InChI is InChI=1S/C10H14N4O5/c1-6-12-8(19-13-6)4-11-10(17)14-2-3-18-7(5-14)9(15)16/h7H,2-5H2,1H3,(H,11,17)(H,15,16). The Morgan fingerprint density at radius 3 is 3.00 bits per heavy atom. The number of nitrogens with zero attached hydrogens (tertiary/aromatic N) is 3. The molecule has 1 aromatic rings. The summed E-state index contributed by atoms with van der Waals surface area (Å²) in [5.74, 6) is -0.291. The number of carboxylic acids is 1. The van der Waals surface area contributed by atoms with Gasteiger partial charge in [-0.3, -0.25) is 0 Å². The smallest absolute Gasteiger partial charge is 0.334 e. The van der Waals surface area contributed by atoms with Crippen molar-refractivity contribution in [1.29, 1.82) is 0 Å². The number of nitrogens with one attached hydrogen (secondary N) is 1. The summed E-state index contributed by atoms with van der Waals surface area (Å²) in [4.78, 5) is 27.9. The molecule has 2 rings (SSSR count). The minimum atomic E-state index is -1.08. The fourth-order valence-electron chi connectivity index (χ4n) is 1.66. The van der Waals surface area contributed by atoms with Crippen molar-refractivity contribution < 1.29 is 24.0 Å². The van der Waals surface area contributed by atoms with Crippen LogP contribution in [0.15, 0.2) is 4.52 Å². The van der Waals surface area contributed by atoms with Crippen molar-refractivity contribution in [3.05, 3.63) is 11.7 Å². The molecule has 19 heavy (non-hydrogen) atoms. The van der Waals surface area contributed by atoms with Crippen LogP contribution in [0.25, 0.3) is 0 Å². The predicted molar refractivity (Wildman–Crippen MR) is 60.2 cm³/mol. The minimum absolute atomic E-state index is 0.0179. The van der Waals surface area contributed by atoms with E-state index in [0.717, 1.165) is 0 Å². The van der Waals surface area contributed by atoms with Crippen LogP contribution in [0.1, 0.15) is 11.7 Å². The van der Waals surface area contributed by atoms with Gasteiger partial charge in [0.15, 0.2) is 11.9 Å². The molecule has 104 valence electrons. The van der Waals surface area contributed by atoms with Gasteiger partial charge in [-0.25, -0.2) is 9.59 Å². The molecule has 1 saturated heterocycles. The van der Waals surface area contributed by atoms with Crippen LogP contribution in [0, 0.1) is 6.92 Å². The molecule has 1 atom stereocenters. The fraction of sp³-hybridized carbons (Fsp3) is 0.600. The van der Waals surface area contributed by atoms with E-state index in [9.17, 15) is 9.59 Å². The van der Waals surface area contributed by atoms with Gasteiger partial charge in [0.1, 0.15) is 0 Å². The maximum atomic E-state index is 11.8. The van der Waals surface area contributed by atoms with Gasteiger partial charge >= 0.3 is 12.0 Å². The number of carbonyl (C=O) groups excluding carboxylic acids is 1. The Bertz CT molecular complexity index is 474. The minimum Gasteiger partial charge on any atom is -0.479 e. The zero-order valence-electron chi connectivity index (χ0n) is 10.3. The summed E-state index contributed by atoms with van der Waals surface area (Å²) >= 11 is 0. The van der Waals surface area contributed by atoms with E-state index in [1.54, 1.807) is 6.92 Å². The summed E-state index contributed by atoms with van der Waals surface area (Å²) < 4.78 is 9.87. The van der Waals surface area contributed by atoms with E-state index in [0.29, 0.717) is 18.3 Å². The summed E-state index contributed by atoms with van der Waals surface area (Å²) in [7, 11) is 0. The largest absolute Gasteiger partial charge is 0.479 e. The van der Waals surface area contributed by atoms with Crippen LogP contribution in [0.2, 0.25) is 0 Å². The molecule has 0 saturated carbocycles. The first-order valence-corrected chi connectivity index (χ1v) is 5.72. The van der Waals surface area contributed by atoms with Crippen LogP contribution < -0.4 is 5.32 Å². The van der Waals surface area contributed by atoms with Crippen LogP contribution in [0.3, 0.4) is 0 Å². The Kier molecular flexibility index (Phi) is 3.95. The molecule has 0 aliphatic carbocycles. The molecule has 0 spiro atoms. The van der Waals surface area contributed by atoms with Crippen molar-refractivity contribution in [3.8, 4) is 0 Å². The molecule has 2 N–H and O–H groups in total. The first kappa shape index (κ1) is 13.3. The highest BCUT2D eigenvalue weighted by Gasteiger charge is 2.28. The van der Waals surface area contributed by atoms with Gasteiger partial charge in [-0.05, 0) is 6.92 Å². The molecule has 1 aliphatic rings. The van der Waals surface area contributed by atoms with Crippen molar-refractivity contribution in [2.45, 2.75) is 19.6 Å². The van der Waals surface area contributed by atoms with E-state index in [1.165, 1.54) is 4.90 Å². The fourth-order valence-corrected chi connectivity index (χ4v) is 1.66. The topological polar surface area (TPSA) is 118 Å². The third kappa shape index (κ3) is 3.41. The highest BCUT2D eigenvalue weighted by Crippen LogP contribution is 2.06. The Morgan fingerprint density at radius 2 is 2.37 bits per heavy atom. The number of hydrogen-bond acceptors (Lipinski definition) is 6. The number of rotatable bonds is 3. The second-order valence-electron chi connectivity index (χ2n) is 4.04. The number of amides is 2. The Balaban J connectivity index is 1.84. The van der Waals surface area contributed by atoms with Crippen LogP contribution >= 0.6 is 0 Å². The highest BCUT2D eigenvalue weighted by molar-refractivity contribution is 5.77. The molecular weight excluding hydrogens is 256 g/mol. The van der Waals surface area contributed by atoms with Crippen molar-refractivity contribution in [3.63, 3.8) is 0 Å². The number of aliphatic carboxylic acids is 1. The number of carboxylic acid groups (broad SMARTS) is 1. The van der Waals surface area contributed by atoms with Crippen molar-refractivity contribution >= 4 is 12.0 Å². The number of aryl methyl sites for hydroxylation is 1. The average Bonchev–Trinajstić information content (AvgIpc) is 2.82. The molecule has 0 bridgehead atoms. The molecule has 9 nitrogen and oxygen atoms in total. The van der Waals surface area contributed by atoms with Gasteiger partial charge in [0.2, 0.25) is 5.89 Å². The third-order valence-electron chi connectivity index (χ3n) is 2.59. The van der Waals surface area contributed by atoms with E-state index in [4.69, 9.17) is 14.4 Å². The molecule has 0 aromatic carbocycles. The first-order chi connectivity index (χ1) is 9.06. The highest BCUT2D eigenvalue weighted by atomic mass is 16.5. The quantitative estimate of drug-likeness (QED) is 0.750. The molecule has 9 heteroatoms. The van der Waals surface area contributed by atoms with Gasteiger partial charge in [0, 0.05) is 6.54 Å². The summed E-state index contributed by atoms with van der Waals surface area (Å²) in [6.07, 6.45) is -0.981. The van der Waals surface area contributed by atoms with Crippen molar-refractivity contribution in [2.24, 2.45) is 0 Å². The normalized spacial score (nSPS) is 19.2. The van der Waals surface area contributed by atoms with E-state index in [-0.39, 0.29) is 25.7 Å². The van der Waals surface area contributed by atoms with Gasteiger partial charge in [-0.2, -0.15) is 4.98 Å². The van der Waals surface area contributed by atoms with Gasteiger partial charge in [0.25, 0.3) is 0 Å². The zero-order chi connectivity index (χ0) is 13.8. The van der Waals surface area contributed by atoms with Crippen LogP contribution in [0.4, 0.5) is 4.79 Å². The monoisotopic (exact) mass is 270 g/mol. The summed E-state index contributed by atoms with van der Waals surface area (Å²) in [5.41, 5.74) is 0. The van der Waals surface area contributed by atoms with E-state index in [2.05, 4.69) is 15.5 Å². The summed E-state index contributed by atoms with van der Waals surface area (Å²) in [5, 5.41) is 15.0. The molecule has 1 fully saturated rings. The molecule has 1 aliphatic heterocycles. The summed E-state index contributed by atoms with van der Waals surface area (Å²) in [6.45, 7) is 2.34. The number of ether oxygens (including phenoxy) is 1. The number of hydrogen-bond donors (Lipinski definition) is 2. The second-order valence-corrected chi connectivity index (χ2v) is 4.04. The number of urea groups is 1. The molecule has 2 heterocycles. The third-order valence-corrected chi connectivity index (χ3v) is 2.59. The maximum Gasteiger partial charge on any atom is 0.334 e. The first-order valence-electron chi connectivity index (χ1n) is 5.72. The predicted octanol–water partition coefficient (Wildman–Crippen LogP) is -0.627. The Labute approximate surface area is 108 Å². The van der Waals surface area contributed by atoms with E-state index in [1.807, 2.05) is 0 Å². The number of morpholine rings is 1. The van der Waals surface area contributed by atoms with Crippen LogP contribution in [-0.4, -0.2) is 57.9 Å².